The second-order valence-corrected chi connectivity index (χ2v) is 4.87. The third kappa shape index (κ3) is 2.08. The van der Waals surface area contributed by atoms with Gasteiger partial charge in [0.05, 0.1) is 24.8 Å². The summed E-state index contributed by atoms with van der Waals surface area (Å²) in [7, 11) is 1.85. The maximum absolute atomic E-state index is 11.3. The smallest absolute Gasteiger partial charge is 0.311 e. The van der Waals surface area contributed by atoms with Crippen molar-refractivity contribution in [2.24, 2.45) is 5.92 Å². The van der Waals surface area contributed by atoms with Crippen molar-refractivity contribution in [3.05, 3.63) is 30.6 Å². The number of ether oxygens (including phenoxy) is 1. The molecule has 0 aliphatic carbocycles. The summed E-state index contributed by atoms with van der Waals surface area (Å²) in [6, 6.07) is 7.47. The summed E-state index contributed by atoms with van der Waals surface area (Å²) in [4.78, 5) is 21.7. The molecule has 1 fully saturated rings. The maximum atomic E-state index is 11.3. The molecule has 6 nitrogen and oxygen atoms in total. The van der Waals surface area contributed by atoms with E-state index in [1.54, 1.807) is 0 Å². The van der Waals surface area contributed by atoms with Gasteiger partial charge in [-0.2, -0.15) is 0 Å². The van der Waals surface area contributed by atoms with Gasteiger partial charge in [-0.05, 0) is 12.1 Å². The standard InChI is InChI=1S/C14H15N3O3/c1-17(12-7-20-6-10(12)14(18)19)13-9-4-2-3-5-11(9)15-8-16-13/h2-5,8,10,12H,6-7H2,1H3,(H,18,19). The summed E-state index contributed by atoms with van der Waals surface area (Å²) >= 11 is 0. The molecule has 20 heavy (non-hydrogen) atoms. The number of carboxylic acids is 1. The van der Waals surface area contributed by atoms with Crippen LogP contribution in [0.3, 0.4) is 0 Å². The average molecular weight is 273 g/mol. The van der Waals surface area contributed by atoms with Gasteiger partial charge in [0, 0.05) is 12.4 Å². The van der Waals surface area contributed by atoms with E-state index in [1.165, 1.54) is 6.33 Å². The Morgan fingerprint density at radius 2 is 2.15 bits per heavy atom. The van der Waals surface area contributed by atoms with E-state index in [4.69, 9.17) is 4.74 Å². The highest BCUT2D eigenvalue weighted by Gasteiger charge is 2.37. The highest BCUT2D eigenvalue weighted by Crippen LogP contribution is 2.27. The second kappa shape index (κ2) is 5.05. The highest BCUT2D eigenvalue weighted by molar-refractivity contribution is 5.89. The van der Waals surface area contributed by atoms with Crippen LogP contribution in [-0.4, -0.2) is 47.3 Å². The lowest BCUT2D eigenvalue weighted by atomic mass is 10.0. The largest absolute Gasteiger partial charge is 0.481 e. The topological polar surface area (TPSA) is 75.5 Å². The van der Waals surface area contributed by atoms with E-state index in [1.807, 2.05) is 36.2 Å². The van der Waals surface area contributed by atoms with Crippen molar-refractivity contribution in [3.63, 3.8) is 0 Å². The zero-order chi connectivity index (χ0) is 14.1. The van der Waals surface area contributed by atoms with Crippen molar-refractivity contribution in [1.82, 2.24) is 9.97 Å². The molecule has 1 aliphatic rings. The predicted octanol–water partition coefficient (Wildman–Crippen LogP) is 1.17. The monoisotopic (exact) mass is 273 g/mol. The molecule has 1 aromatic heterocycles. The van der Waals surface area contributed by atoms with E-state index in [0.717, 1.165) is 16.7 Å². The van der Waals surface area contributed by atoms with Crippen LogP contribution in [0, 0.1) is 5.92 Å². The lowest BCUT2D eigenvalue weighted by Crippen LogP contribution is -2.41. The molecule has 0 radical (unpaired) electrons. The van der Waals surface area contributed by atoms with Gasteiger partial charge < -0.3 is 14.7 Å². The minimum Gasteiger partial charge on any atom is -0.481 e. The Labute approximate surface area is 116 Å². The van der Waals surface area contributed by atoms with Gasteiger partial charge in [-0.1, -0.05) is 12.1 Å². The number of aromatic nitrogens is 2. The molecule has 1 aromatic carbocycles. The molecule has 2 heterocycles. The van der Waals surface area contributed by atoms with Crippen LogP contribution >= 0.6 is 0 Å². The molecule has 0 saturated carbocycles. The Bertz CT molecular complexity index is 641. The fourth-order valence-electron chi connectivity index (χ4n) is 2.59. The number of para-hydroxylation sites is 1. The van der Waals surface area contributed by atoms with Crippen LogP contribution in [0.1, 0.15) is 0 Å². The molecular formula is C14H15N3O3. The number of benzene rings is 1. The van der Waals surface area contributed by atoms with Crippen molar-refractivity contribution >= 4 is 22.7 Å². The molecule has 0 spiro atoms. The maximum Gasteiger partial charge on any atom is 0.311 e. The molecule has 1 saturated heterocycles. The minimum absolute atomic E-state index is 0.217. The number of carbonyl (C=O) groups is 1. The van der Waals surface area contributed by atoms with Gasteiger partial charge in [-0.25, -0.2) is 9.97 Å². The highest BCUT2D eigenvalue weighted by atomic mass is 16.5. The van der Waals surface area contributed by atoms with Gasteiger partial charge in [0.1, 0.15) is 18.1 Å². The summed E-state index contributed by atoms with van der Waals surface area (Å²) in [5.41, 5.74) is 0.843. The van der Waals surface area contributed by atoms with E-state index in [0.29, 0.717) is 6.61 Å². The summed E-state index contributed by atoms with van der Waals surface area (Å²) in [6.45, 7) is 0.638. The fourth-order valence-corrected chi connectivity index (χ4v) is 2.59. The number of likely N-dealkylation sites (N-methyl/N-ethyl adjacent to an activating group) is 1. The quantitative estimate of drug-likeness (QED) is 0.904. The van der Waals surface area contributed by atoms with Crippen LogP contribution in [-0.2, 0) is 9.53 Å². The van der Waals surface area contributed by atoms with Crippen molar-refractivity contribution in [2.45, 2.75) is 6.04 Å². The van der Waals surface area contributed by atoms with Crippen LogP contribution in [0.2, 0.25) is 0 Å². The molecular weight excluding hydrogens is 258 g/mol. The first-order valence-corrected chi connectivity index (χ1v) is 6.41. The minimum atomic E-state index is -0.835. The van der Waals surface area contributed by atoms with E-state index in [-0.39, 0.29) is 12.6 Å². The summed E-state index contributed by atoms with van der Waals surface area (Å²) in [5, 5.41) is 10.2. The number of aliphatic carboxylic acids is 1. The summed E-state index contributed by atoms with van der Waals surface area (Å²) in [5.74, 6) is -0.635. The molecule has 104 valence electrons. The first-order valence-electron chi connectivity index (χ1n) is 6.41. The van der Waals surface area contributed by atoms with E-state index < -0.39 is 11.9 Å². The lowest BCUT2D eigenvalue weighted by molar-refractivity contribution is -0.141. The van der Waals surface area contributed by atoms with E-state index in [9.17, 15) is 9.90 Å². The molecule has 1 N–H and O–H groups in total. The molecule has 1 aliphatic heterocycles. The Morgan fingerprint density at radius 3 is 2.95 bits per heavy atom. The summed E-state index contributed by atoms with van der Waals surface area (Å²) < 4.78 is 5.32. The molecule has 6 heteroatoms. The number of carboxylic acid groups (broad SMARTS) is 1. The first kappa shape index (κ1) is 12.8. The summed E-state index contributed by atoms with van der Waals surface area (Å²) in [6.07, 6.45) is 1.50. The molecule has 0 amide bonds. The molecule has 2 aromatic rings. The van der Waals surface area contributed by atoms with Crippen molar-refractivity contribution < 1.29 is 14.6 Å². The fraction of sp³-hybridized carbons (Fsp3) is 0.357. The van der Waals surface area contributed by atoms with Crippen molar-refractivity contribution in [2.75, 3.05) is 25.2 Å². The second-order valence-electron chi connectivity index (χ2n) is 4.87. The first-order chi connectivity index (χ1) is 9.68. The van der Waals surface area contributed by atoms with Gasteiger partial charge >= 0.3 is 5.97 Å². The zero-order valence-electron chi connectivity index (χ0n) is 11.1. The Morgan fingerprint density at radius 1 is 1.35 bits per heavy atom. The Balaban J connectivity index is 2.00. The van der Waals surface area contributed by atoms with Crippen LogP contribution < -0.4 is 4.90 Å². The van der Waals surface area contributed by atoms with Gasteiger partial charge in [-0.15, -0.1) is 0 Å². The SMILES string of the molecule is CN(c1ncnc2ccccc12)C1COCC1C(=O)O. The number of rotatable bonds is 3. The lowest BCUT2D eigenvalue weighted by Gasteiger charge is -2.28. The third-order valence-electron chi connectivity index (χ3n) is 3.72. The number of fused-ring (bicyclic) bond motifs is 1. The molecule has 2 atom stereocenters. The Hall–Kier alpha value is -2.21. The van der Waals surface area contributed by atoms with Crippen LogP contribution in [0.5, 0.6) is 0 Å². The van der Waals surface area contributed by atoms with Crippen LogP contribution in [0.15, 0.2) is 30.6 Å². The number of hydrogen-bond donors (Lipinski definition) is 1. The number of nitrogens with zero attached hydrogens (tertiary/aromatic N) is 3. The van der Waals surface area contributed by atoms with Gasteiger partial charge in [0.15, 0.2) is 0 Å². The van der Waals surface area contributed by atoms with Crippen molar-refractivity contribution in [1.29, 1.82) is 0 Å². The normalized spacial score (nSPS) is 22.1. The molecule has 3 rings (SSSR count). The van der Waals surface area contributed by atoms with Crippen LogP contribution in [0.4, 0.5) is 5.82 Å². The number of hydrogen-bond acceptors (Lipinski definition) is 5. The van der Waals surface area contributed by atoms with E-state index in [2.05, 4.69) is 9.97 Å². The average Bonchev–Trinajstić information content (AvgIpc) is 2.95. The molecule has 0 bridgehead atoms. The van der Waals surface area contributed by atoms with Gasteiger partial charge in [0.2, 0.25) is 0 Å². The van der Waals surface area contributed by atoms with Gasteiger partial charge in [-0.3, -0.25) is 4.79 Å². The molecule has 2 unspecified atom stereocenters. The third-order valence-corrected chi connectivity index (χ3v) is 3.72. The van der Waals surface area contributed by atoms with Gasteiger partial charge in [0.25, 0.3) is 0 Å². The van der Waals surface area contributed by atoms with Crippen molar-refractivity contribution in [3.8, 4) is 0 Å². The zero-order valence-corrected chi connectivity index (χ0v) is 11.1. The number of anilines is 1. The van der Waals surface area contributed by atoms with Crippen LogP contribution in [0.25, 0.3) is 10.9 Å². The predicted molar refractivity (Wildman–Crippen MR) is 73.7 cm³/mol. The Kier molecular flexibility index (Phi) is 3.23. The van der Waals surface area contributed by atoms with E-state index >= 15 is 0 Å².